The Morgan fingerprint density at radius 2 is 1.77 bits per heavy atom. The van der Waals surface area contributed by atoms with E-state index in [1.54, 1.807) is 6.20 Å². The van der Waals surface area contributed by atoms with Crippen molar-refractivity contribution in [3.63, 3.8) is 0 Å². The van der Waals surface area contributed by atoms with Crippen LogP contribution in [0.3, 0.4) is 0 Å². The molecule has 0 saturated carbocycles. The van der Waals surface area contributed by atoms with E-state index in [-0.39, 0.29) is 12.5 Å². The summed E-state index contributed by atoms with van der Waals surface area (Å²) in [5, 5.41) is 13.3. The molecule has 0 atom stereocenters. The first kappa shape index (κ1) is 20.7. The van der Waals surface area contributed by atoms with Crippen LogP contribution in [-0.4, -0.2) is 21.0 Å². The number of carbonyl (C=O) groups excluding carboxylic acids is 1. The molecule has 0 unspecified atom stereocenters. The molecular formula is C26H25N3O2. The average Bonchev–Trinajstić information content (AvgIpc) is 2.83. The summed E-state index contributed by atoms with van der Waals surface area (Å²) >= 11 is 0. The first-order chi connectivity index (χ1) is 15.2. The van der Waals surface area contributed by atoms with Crippen molar-refractivity contribution in [1.82, 2.24) is 15.3 Å². The zero-order valence-electron chi connectivity index (χ0n) is 17.3. The van der Waals surface area contributed by atoms with Crippen LogP contribution in [0.5, 0.6) is 0 Å². The van der Waals surface area contributed by atoms with Gasteiger partial charge in [-0.05, 0) is 65.4 Å². The molecule has 5 heteroatoms. The summed E-state index contributed by atoms with van der Waals surface area (Å²) in [6.07, 6.45) is 3.71. The molecular weight excluding hydrogens is 386 g/mol. The Hall–Kier alpha value is -3.57. The van der Waals surface area contributed by atoms with Gasteiger partial charge in [-0.25, -0.2) is 9.97 Å². The first-order valence-electron chi connectivity index (χ1n) is 10.5. The smallest absolute Gasteiger partial charge is 0.220 e. The maximum absolute atomic E-state index is 12.2. The van der Waals surface area contributed by atoms with Gasteiger partial charge in [-0.15, -0.1) is 0 Å². The van der Waals surface area contributed by atoms with E-state index in [4.69, 9.17) is 0 Å². The number of nitrogens with one attached hydrogen (secondary N) is 1. The predicted octanol–water partition coefficient (Wildman–Crippen LogP) is 4.43. The zero-order valence-corrected chi connectivity index (χ0v) is 17.3. The summed E-state index contributed by atoms with van der Waals surface area (Å²) in [6, 6.07) is 23.9. The molecule has 0 bridgehead atoms. The van der Waals surface area contributed by atoms with Crippen molar-refractivity contribution >= 4 is 16.9 Å². The van der Waals surface area contributed by atoms with E-state index >= 15 is 0 Å². The molecule has 0 aliphatic rings. The zero-order chi connectivity index (χ0) is 21.5. The van der Waals surface area contributed by atoms with E-state index < -0.39 is 0 Å². The molecule has 5 nitrogen and oxygen atoms in total. The van der Waals surface area contributed by atoms with Gasteiger partial charge in [0, 0.05) is 30.2 Å². The number of aliphatic hydroxyl groups excluding tert-OH is 1. The fourth-order valence-electron chi connectivity index (χ4n) is 3.51. The first-order valence-corrected chi connectivity index (χ1v) is 10.5. The van der Waals surface area contributed by atoms with Crippen molar-refractivity contribution in [2.24, 2.45) is 0 Å². The van der Waals surface area contributed by atoms with Gasteiger partial charge in [0.05, 0.1) is 6.61 Å². The van der Waals surface area contributed by atoms with Gasteiger partial charge in [-0.3, -0.25) is 4.79 Å². The van der Waals surface area contributed by atoms with Gasteiger partial charge in [0.1, 0.15) is 0 Å². The standard InChI is InChI=1S/C26H25N3O2/c30-18-20-4-1-5-23(16-20)21-11-9-19(10-12-21)17-28-25(31)8-2-7-24-14-13-22-6-3-15-27-26(22)29-24/h1,3-6,9-16,30H,2,7-8,17-18H2,(H,28,31). The van der Waals surface area contributed by atoms with Crippen molar-refractivity contribution in [3.8, 4) is 11.1 Å². The molecule has 2 heterocycles. The maximum atomic E-state index is 12.2. The van der Waals surface area contributed by atoms with E-state index in [2.05, 4.69) is 15.3 Å². The summed E-state index contributed by atoms with van der Waals surface area (Å²) < 4.78 is 0. The lowest BCUT2D eigenvalue weighted by molar-refractivity contribution is -0.121. The minimum atomic E-state index is 0.0335. The second-order valence-corrected chi connectivity index (χ2v) is 7.54. The third-order valence-electron chi connectivity index (χ3n) is 5.24. The number of aromatic nitrogens is 2. The monoisotopic (exact) mass is 411 g/mol. The van der Waals surface area contributed by atoms with E-state index in [0.717, 1.165) is 51.8 Å². The molecule has 0 saturated heterocycles. The van der Waals surface area contributed by atoms with Crippen LogP contribution in [0, 0.1) is 0 Å². The molecule has 2 aromatic carbocycles. The largest absolute Gasteiger partial charge is 0.392 e. The molecule has 0 radical (unpaired) electrons. The number of nitrogens with zero attached hydrogens (tertiary/aromatic N) is 2. The number of hydrogen-bond donors (Lipinski definition) is 2. The van der Waals surface area contributed by atoms with Gasteiger partial charge in [-0.2, -0.15) is 0 Å². The van der Waals surface area contributed by atoms with Gasteiger partial charge < -0.3 is 10.4 Å². The van der Waals surface area contributed by atoms with E-state index in [0.29, 0.717) is 13.0 Å². The lowest BCUT2D eigenvalue weighted by Gasteiger charge is -2.08. The molecule has 4 rings (SSSR count). The minimum absolute atomic E-state index is 0.0335. The fraction of sp³-hybridized carbons (Fsp3) is 0.192. The van der Waals surface area contributed by atoms with Crippen molar-refractivity contribution in [2.75, 3.05) is 0 Å². The van der Waals surface area contributed by atoms with E-state index in [9.17, 15) is 9.90 Å². The third kappa shape index (κ3) is 5.53. The van der Waals surface area contributed by atoms with E-state index in [1.165, 1.54) is 0 Å². The average molecular weight is 412 g/mol. The molecule has 0 aliphatic carbocycles. The predicted molar refractivity (Wildman–Crippen MR) is 122 cm³/mol. The van der Waals surface area contributed by atoms with Crippen LogP contribution in [-0.2, 0) is 24.4 Å². The SMILES string of the molecule is O=C(CCCc1ccc2cccnc2n1)NCc1ccc(-c2cccc(CO)c2)cc1. The summed E-state index contributed by atoms with van der Waals surface area (Å²) in [7, 11) is 0. The third-order valence-corrected chi connectivity index (χ3v) is 5.24. The minimum Gasteiger partial charge on any atom is -0.392 e. The summed E-state index contributed by atoms with van der Waals surface area (Å²) in [5.74, 6) is 0.0404. The molecule has 2 aromatic heterocycles. The Morgan fingerprint density at radius 1 is 0.903 bits per heavy atom. The number of aryl methyl sites for hydroxylation is 1. The highest BCUT2D eigenvalue weighted by Gasteiger charge is 2.05. The Labute approximate surface area is 181 Å². The highest BCUT2D eigenvalue weighted by molar-refractivity contribution is 5.76. The van der Waals surface area contributed by atoms with Crippen LogP contribution in [0.2, 0.25) is 0 Å². The molecule has 0 fully saturated rings. The molecule has 1 amide bonds. The normalized spacial score (nSPS) is 10.9. The summed E-state index contributed by atoms with van der Waals surface area (Å²) in [4.78, 5) is 21.0. The molecule has 4 aromatic rings. The number of pyridine rings is 2. The fourth-order valence-corrected chi connectivity index (χ4v) is 3.51. The van der Waals surface area contributed by atoms with Crippen LogP contribution < -0.4 is 5.32 Å². The quantitative estimate of drug-likeness (QED) is 0.450. The van der Waals surface area contributed by atoms with Crippen molar-refractivity contribution < 1.29 is 9.90 Å². The number of hydrogen-bond acceptors (Lipinski definition) is 4. The van der Waals surface area contributed by atoms with Gasteiger partial charge in [0.25, 0.3) is 0 Å². The lowest BCUT2D eigenvalue weighted by Crippen LogP contribution is -2.22. The Balaban J connectivity index is 1.24. The molecule has 0 aliphatic heterocycles. The Kier molecular flexibility index (Phi) is 6.65. The maximum Gasteiger partial charge on any atom is 0.220 e. The number of carbonyl (C=O) groups is 1. The number of amides is 1. The number of rotatable bonds is 8. The van der Waals surface area contributed by atoms with Crippen LogP contribution in [0.4, 0.5) is 0 Å². The van der Waals surface area contributed by atoms with Crippen molar-refractivity contribution in [3.05, 3.63) is 95.8 Å². The van der Waals surface area contributed by atoms with Crippen molar-refractivity contribution in [2.45, 2.75) is 32.4 Å². The summed E-state index contributed by atoms with van der Waals surface area (Å²) in [6.45, 7) is 0.541. The number of benzene rings is 2. The molecule has 156 valence electrons. The highest BCUT2D eigenvalue weighted by Crippen LogP contribution is 2.21. The Bertz CT molecular complexity index is 1170. The topological polar surface area (TPSA) is 75.1 Å². The van der Waals surface area contributed by atoms with Crippen LogP contribution in [0.25, 0.3) is 22.2 Å². The van der Waals surface area contributed by atoms with Gasteiger partial charge in [0.2, 0.25) is 5.91 Å². The van der Waals surface area contributed by atoms with Crippen molar-refractivity contribution in [1.29, 1.82) is 0 Å². The highest BCUT2D eigenvalue weighted by atomic mass is 16.3. The van der Waals surface area contributed by atoms with Crippen LogP contribution >= 0.6 is 0 Å². The van der Waals surface area contributed by atoms with Gasteiger partial charge in [0.15, 0.2) is 5.65 Å². The van der Waals surface area contributed by atoms with Gasteiger partial charge >= 0.3 is 0 Å². The lowest BCUT2D eigenvalue weighted by atomic mass is 10.0. The van der Waals surface area contributed by atoms with Crippen LogP contribution in [0.1, 0.15) is 29.7 Å². The van der Waals surface area contributed by atoms with Gasteiger partial charge in [-0.1, -0.05) is 42.5 Å². The molecule has 2 N–H and O–H groups in total. The van der Waals surface area contributed by atoms with E-state index in [1.807, 2.05) is 72.8 Å². The second-order valence-electron chi connectivity index (χ2n) is 7.54. The Morgan fingerprint density at radius 3 is 2.61 bits per heavy atom. The molecule has 31 heavy (non-hydrogen) atoms. The molecule has 0 spiro atoms. The number of fused-ring (bicyclic) bond motifs is 1. The summed E-state index contributed by atoms with van der Waals surface area (Å²) in [5.41, 5.74) is 5.81. The second kappa shape index (κ2) is 9.96. The number of aliphatic hydroxyl groups is 1. The van der Waals surface area contributed by atoms with Crippen LogP contribution in [0.15, 0.2) is 79.0 Å².